The van der Waals surface area contributed by atoms with Crippen molar-refractivity contribution in [2.24, 2.45) is 0 Å². The lowest BCUT2D eigenvalue weighted by Crippen LogP contribution is -1.76. The van der Waals surface area contributed by atoms with Gasteiger partial charge in [0.1, 0.15) is 0 Å². The van der Waals surface area contributed by atoms with Gasteiger partial charge < -0.3 is 0 Å². The molecule has 0 rings (SSSR count). The largest absolute Gasteiger partial charge is 0.0984 e. The standard InChI is InChI=1S/C10H12.C2H6/c1-5-9(6-2)10(7-3)8-4;1-2/h5-8H,1-4H2;1-2H3. The average molecular weight is 162 g/mol. The van der Waals surface area contributed by atoms with Gasteiger partial charge in [-0.2, -0.15) is 0 Å². The van der Waals surface area contributed by atoms with Gasteiger partial charge in [-0.3, -0.25) is 0 Å². The van der Waals surface area contributed by atoms with Crippen molar-refractivity contribution in [2.45, 2.75) is 13.8 Å². The van der Waals surface area contributed by atoms with Crippen molar-refractivity contribution in [3.63, 3.8) is 0 Å². The van der Waals surface area contributed by atoms with E-state index in [1.54, 1.807) is 24.3 Å². The molecule has 0 aliphatic rings. The van der Waals surface area contributed by atoms with Crippen LogP contribution in [0.15, 0.2) is 61.8 Å². The van der Waals surface area contributed by atoms with Gasteiger partial charge in [-0.1, -0.05) is 64.5 Å². The molecule has 66 valence electrons. The van der Waals surface area contributed by atoms with Crippen molar-refractivity contribution in [1.29, 1.82) is 0 Å². The van der Waals surface area contributed by atoms with Crippen LogP contribution in [-0.2, 0) is 0 Å². The molecule has 0 aromatic carbocycles. The molecule has 0 amide bonds. The maximum Gasteiger partial charge on any atom is -0.0196 e. The first-order chi connectivity index (χ1) is 5.79. The second-order valence-electron chi connectivity index (χ2n) is 1.73. The van der Waals surface area contributed by atoms with Gasteiger partial charge in [0.15, 0.2) is 0 Å². The van der Waals surface area contributed by atoms with E-state index in [1.165, 1.54) is 0 Å². The molecule has 12 heavy (non-hydrogen) atoms. The van der Waals surface area contributed by atoms with Crippen LogP contribution in [0.2, 0.25) is 0 Å². The maximum absolute atomic E-state index is 3.62. The third-order valence-corrected chi connectivity index (χ3v) is 1.21. The van der Waals surface area contributed by atoms with Crippen LogP contribution < -0.4 is 0 Å². The van der Waals surface area contributed by atoms with Gasteiger partial charge in [-0.25, -0.2) is 0 Å². The molecule has 0 nitrogen and oxygen atoms in total. The zero-order chi connectivity index (χ0) is 9.98. The highest BCUT2D eigenvalue weighted by molar-refractivity contribution is 5.43. The molecule has 0 aliphatic heterocycles. The Balaban J connectivity index is 0. The molecule has 0 saturated heterocycles. The molecular formula is C12H18. The van der Waals surface area contributed by atoms with Crippen molar-refractivity contribution >= 4 is 0 Å². The van der Waals surface area contributed by atoms with Crippen molar-refractivity contribution in [3.8, 4) is 0 Å². The zero-order valence-corrected chi connectivity index (χ0v) is 8.14. The summed E-state index contributed by atoms with van der Waals surface area (Å²) in [5, 5.41) is 0. The van der Waals surface area contributed by atoms with Gasteiger partial charge in [-0.05, 0) is 11.1 Å². The maximum atomic E-state index is 3.62. The second kappa shape index (κ2) is 9.70. The summed E-state index contributed by atoms with van der Waals surface area (Å²) >= 11 is 0. The molecule has 0 N–H and O–H groups in total. The van der Waals surface area contributed by atoms with Crippen LogP contribution >= 0.6 is 0 Å². The van der Waals surface area contributed by atoms with Gasteiger partial charge in [0.05, 0.1) is 0 Å². The van der Waals surface area contributed by atoms with Gasteiger partial charge >= 0.3 is 0 Å². The minimum atomic E-state index is 0.963. The highest BCUT2D eigenvalue weighted by atomic mass is 13.9. The SMILES string of the molecule is C=CC(C=C)=C(C=C)C=C.CC. The number of hydrogen-bond acceptors (Lipinski definition) is 0. The summed E-state index contributed by atoms with van der Waals surface area (Å²) < 4.78 is 0. The van der Waals surface area contributed by atoms with E-state index in [0.29, 0.717) is 0 Å². The molecule has 0 atom stereocenters. The normalized spacial score (nSPS) is 6.83. The van der Waals surface area contributed by atoms with Crippen LogP contribution in [0.4, 0.5) is 0 Å². The fourth-order valence-corrected chi connectivity index (χ4v) is 0.638. The molecule has 0 aromatic heterocycles. The summed E-state index contributed by atoms with van der Waals surface area (Å²) in [5.74, 6) is 0. The third-order valence-electron chi connectivity index (χ3n) is 1.21. The smallest absolute Gasteiger partial charge is 0.0196 e. The van der Waals surface area contributed by atoms with E-state index in [-0.39, 0.29) is 0 Å². The van der Waals surface area contributed by atoms with Gasteiger partial charge in [0.2, 0.25) is 0 Å². The first kappa shape index (κ1) is 13.3. The molecule has 0 radical (unpaired) electrons. The van der Waals surface area contributed by atoms with E-state index in [2.05, 4.69) is 26.3 Å². The highest BCUT2D eigenvalue weighted by Gasteiger charge is 1.88. The van der Waals surface area contributed by atoms with Crippen LogP contribution in [0.5, 0.6) is 0 Å². The number of hydrogen-bond donors (Lipinski definition) is 0. The molecular weight excluding hydrogens is 144 g/mol. The van der Waals surface area contributed by atoms with E-state index in [0.717, 1.165) is 11.1 Å². The predicted octanol–water partition coefficient (Wildman–Crippen LogP) is 4.05. The Morgan fingerprint density at radius 3 is 0.917 bits per heavy atom. The Morgan fingerprint density at radius 2 is 0.833 bits per heavy atom. The molecule has 0 bridgehead atoms. The van der Waals surface area contributed by atoms with Crippen LogP contribution in [0.25, 0.3) is 0 Å². The Kier molecular flexibility index (Phi) is 10.8. The lowest BCUT2D eigenvalue weighted by Gasteiger charge is -1.96. The van der Waals surface area contributed by atoms with Crippen LogP contribution in [0.1, 0.15) is 13.8 Å². The van der Waals surface area contributed by atoms with Crippen LogP contribution in [0, 0.1) is 0 Å². The van der Waals surface area contributed by atoms with Gasteiger partial charge in [0.25, 0.3) is 0 Å². The average Bonchev–Trinajstić information content (AvgIpc) is 2.17. The van der Waals surface area contributed by atoms with Crippen molar-refractivity contribution in [2.75, 3.05) is 0 Å². The molecule has 0 aromatic rings. The van der Waals surface area contributed by atoms with Gasteiger partial charge in [-0.15, -0.1) is 0 Å². The molecule has 0 fully saturated rings. The summed E-state index contributed by atoms with van der Waals surface area (Å²) in [7, 11) is 0. The fourth-order valence-electron chi connectivity index (χ4n) is 0.638. The number of rotatable bonds is 4. The van der Waals surface area contributed by atoms with Crippen LogP contribution in [-0.4, -0.2) is 0 Å². The first-order valence-corrected chi connectivity index (χ1v) is 4.04. The predicted molar refractivity (Wildman–Crippen MR) is 59.2 cm³/mol. The Hall–Kier alpha value is -1.30. The lowest BCUT2D eigenvalue weighted by atomic mass is 10.1. The molecule has 0 heterocycles. The van der Waals surface area contributed by atoms with Crippen molar-refractivity contribution in [3.05, 3.63) is 61.8 Å². The minimum Gasteiger partial charge on any atom is -0.0984 e. The monoisotopic (exact) mass is 162 g/mol. The lowest BCUT2D eigenvalue weighted by molar-refractivity contribution is 1.50. The Morgan fingerprint density at radius 1 is 0.667 bits per heavy atom. The fraction of sp³-hybridized carbons (Fsp3) is 0.167. The van der Waals surface area contributed by atoms with E-state index in [1.807, 2.05) is 13.8 Å². The molecule has 0 saturated carbocycles. The number of allylic oxidation sites excluding steroid dienone is 6. The molecule has 0 spiro atoms. The molecule has 0 unspecified atom stereocenters. The summed E-state index contributed by atoms with van der Waals surface area (Å²) in [5.41, 5.74) is 1.93. The summed E-state index contributed by atoms with van der Waals surface area (Å²) in [6, 6.07) is 0. The summed E-state index contributed by atoms with van der Waals surface area (Å²) in [6.45, 7) is 18.5. The third kappa shape index (κ3) is 4.51. The quantitative estimate of drug-likeness (QED) is 0.547. The Bertz CT molecular complexity index is 150. The van der Waals surface area contributed by atoms with E-state index in [4.69, 9.17) is 0 Å². The molecule has 0 aliphatic carbocycles. The minimum absolute atomic E-state index is 0.963. The summed E-state index contributed by atoms with van der Waals surface area (Å²) in [6.07, 6.45) is 6.91. The summed E-state index contributed by atoms with van der Waals surface area (Å²) in [4.78, 5) is 0. The first-order valence-electron chi connectivity index (χ1n) is 4.04. The van der Waals surface area contributed by atoms with E-state index in [9.17, 15) is 0 Å². The zero-order valence-electron chi connectivity index (χ0n) is 8.14. The van der Waals surface area contributed by atoms with E-state index < -0.39 is 0 Å². The topological polar surface area (TPSA) is 0 Å². The van der Waals surface area contributed by atoms with E-state index >= 15 is 0 Å². The van der Waals surface area contributed by atoms with Crippen LogP contribution in [0.3, 0.4) is 0 Å². The van der Waals surface area contributed by atoms with Gasteiger partial charge in [0, 0.05) is 0 Å². The Labute approximate surface area is 76.3 Å². The highest BCUT2D eigenvalue weighted by Crippen LogP contribution is 2.08. The second-order valence-corrected chi connectivity index (χ2v) is 1.73. The van der Waals surface area contributed by atoms with Crippen molar-refractivity contribution in [1.82, 2.24) is 0 Å². The molecule has 0 heteroatoms. The van der Waals surface area contributed by atoms with Crippen molar-refractivity contribution < 1.29 is 0 Å².